The third-order valence-electron chi connectivity index (χ3n) is 5.15. The number of rotatable bonds is 5. The van der Waals surface area contributed by atoms with Crippen molar-refractivity contribution in [3.63, 3.8) is 0 Å². The predicted molar refractivity (Wildman–Crippen MR) is 120 cm³/mol. The van der Waals surface area contributed by atoms with Crippen molar-refractivity contribution in [1.29, 1.82) is 0 Å². The van der Waals surface area contributed by atoms with Gasteiger partial charge in [0.2, 0.25) is 0 Å². The third-order valence-corrected chi connectivity index (χ3v) is 5.68. The molecule has 0 saturated carbocycles. The molecule has 4 rings (SSSR count). The third kappa shape index (κ3) is 3.64. The molecule has 2 heterocycles. The normalized spacial score (nSPS) is 17.6. The maximum Gasteiger partial charge on any atom is 0.301 e. The molecule has 1 aliphatic rings. The zero-order valence-electron chi connectivity index (χ0n) is 17.5. The van der Waals surface area contributed by atoms with E-state index in [0.29, 0.717) is 28.4 Å². The standard InChI is InChI=1S/C23H19BrN2O6/c1-12-10-18(25-32-12)26-20(14-6-9-16(30-2)17(11-14)31-3)19(22(28)23(26)29)21(27)13-4-7-15(24)8-5-13/h4-11,20,27H,1-3H3/t20-/m1/s1. The van der Waals surface area contributed by atoms with Gasteiger partial charge < -0.3 is 19.1 Å². The highest BCUT2D eigenvalue weighted by Gasteiger charge is 2.48. The number of ketones is 1. The Kier molecular flexibility index (Phi) is 5.75. The molecule has 1 amide bonds. The number of carbonyl (C=O) groups excluding carboxylic acids is 2. The fourth-order valence-corrected chi connectivity index (χ4v) is 3.90. The highest BCUT2D eigenvalue weighted by Crippen LogP contribution is 2.43. The van der Waals surface area contributed by atoms with Crippen molar-refractivity contribution in [2.45, 2.75) is 13.0 Å². The second kappa shape index (κ2) is 8.51. The van der Waals surface area contributed by atoms with E-state index in [4.69, 9.17) is 14.0 Å². The van der Waals surface area contributed by atoms with Crippen LogP contribution in [0.3, 0.4) is 0 Å². The molecule has 0 bridgehead atoms. The quantitative estimate of drug-likeness (QED) is 0.316. The van der Waals surface area contributed by atoms with Crippen LogP contribution in [0.1, 0.15) is 22.9 Å². The molecule has 1 fully saturated rings. The largest absolute Gasteiger partial charge is 0.507 e. The van der Waals surface area contributed by atoms with Gasteiger partial charge in [-0.1, -0.05) is 39.3 Å². The smallest absolute Gasteiger partial charge is 0.301 e. The van der Waals surface area contributed by atoms with Crippen molar-refractivity contribution in [2.24, 2.45) is 0 Å². The minimum Gasteiger partial charge on any atom is -0.507 e. The van der Waals surface area contributed by atoms with Gasteiger partial charge in [0.05, 0.1) is 25.8 Å². The first-order valence-electron chi connectivity index (χ1n) is 9.58. The van der Waals surface area contributed by atoms with Gasteiger partial charge in [0.15, 0.2) is 17.3 Å². The molecule has 1 atom stereocenters. The van der Waals surface area contributed by atoms with Gasteiger partial charge in [0, 0.05) is 16.1 Å². The van der Waals surface area contributed by atoms with Crippen LogP contribution in [-0.2, 0) is 9.59 Å². The average molecular weight is 499 g/mol. The Bertz CT molecular complexity index is 1230. The number of carbonyl (C=O) groups is 2. The summed E-state index contributed by atoms with van der Waals surface area (Å²) < 4.78 is 16.6. The molecule has 1 saturated heterocycles. The van der Waals surface area contributed by atoms with Crippen LogP contribution in [0.4, 0.5) is 5.82 Å². The number of Topliss-reactive ketones (excluding diaryl/α,β-unsaturated/α-hetero) is 1. The summed E-state index contributed by atoms with van der Waals surface area (Å²) in [6.45, 7) is 1.68. The van der Waals surface area contributed by atoms with E-state index in [9.17, 15) is 14.7 Å². The number of benzene rings is 2. The van der Waals surface area contributed by atoms with E-state index < -0.39 is 17.7 Å². The van der Waals surface area contributed by atoms with Crippen molar-refractivity contribution < 1.29 is 28.7 Å². The number of ether oxygens (including phenoxy) is 2. The minimum atomic E-state index is -0.956. The number of aryl methyl sites for hydroxylation is 1. The lowest BCUT2D eigenvalue weighted by Gasteiger charge is -2.23. The van der Waals surface area contributed by atoms with Crippen LogP contribution in [0.2, 0.25) is 0 Å². The molecule has 0 unspecified atom stereocenters. The molecule has 0 spiro atoms. The number of nitrogens with zero attached hydrogens (tertiary/aromatic N) is 2. The van der Waals surface area contributed by atoms with Gasteiger partial charge in [-0.3, -0.25) is 14.5 Å². The summed E-state index contributed by atoms with van der Waals surface area (Å²) in [4.78, 5) is 27.4. The molecule has 0 radical (unpaired) electrons. The van der Waals surface area contributed by atoms with Gasteiger partial charge >= 0.3 is 5.91 Å². The Morgan fingerprint density at radius 3 is 2.34 bits per heavy atom. The van der Waals surface area contributed by atoms with Crippen molar-refractivity contribution in [3.05, 3.63) is 75.5 Å². The first kappa shape index (κ1) is 21.6. The lowest BCUT2D eigenvalue weighted by molar-refractivity contribution is -0.132. The SMILES string of the molecule is COc1ccc([C@@H]2C(=C(O)c3ccc(Br)cc3)C(=O)C(=O)N2c2cc(C)on2)cc1OC. The molecule has 1 N–H and O–H groups in total. The Morgan fingerprint density at radius 1 is 1.06 bits per heavy atom. The molecule has 0 aliphatic carbocycles. The Hall–Kier alpha value is -3.59. The van der Waals surface area contributed by atoms with Crippen LogP contribution < -0.4 is 14.4 Å². The Balaban J connectivity index is 1.95. The van der Waals surface area contributed by atoms with Crippen molar-refractivity contribution >= 4 is 39.2 Å². The maximum atomic E-state index is 13.1. The Labute approximate surface area is 192 Å². The molecule has 164 valence electrons. The number of hydrogen-bond donors (Lipinski definition) is 1. The molecular formula is C23H19BrN2O6. The van der Waals surface area contributed by atoms with Crippen LogP contribution in [-0.4, -0.2) is 36.2 Å². The topological polar surface area (TPSA) is 102 Å². The average Bonchev–Trinajstić information content (AvgIpc) is 3.34. The summed E-state index contributed by atoms with van der Waals surface area (Å²) >= 11 is 3.35. The molecular weight excluding hydrogens is 480 g/mol. The minimum absolute atomic E-state index is 0.0646. The zero-order chi connectivity index (χ0) is 23.0. The van der Waals surface area contributed by atoms with Gasteiger partial charge in [0.1, 0.15) is 11.5 Å². The van der Waals surface area contributed by atoms with E-state index in [2.05, 4.69) is 21.1 Å². The van der Waals surface area contributed by atoms with Gasteiger partial charge in [-0.2, -0.15) is 0 Å². The maximum absolute atomic E-state index is 13.1. The van der Waals surface area contributed by atoms with Crippen LogP contribution in [0.5, 0.6) is 11.5 Å². The van der Waals surface area contributed by atoms with E-state index in [1.54, 1.807) is 55.5 Å². The van der Waals surface area contributed by atoms with Crippen molar-refractivity contribution in [2.75, 3.05) is 19.1 Å². The van der Waals surface area contributed by atoms with Gasteiger partial charge in [-0.25, -0.2) is 0 Å². The summed E-state index contributed by atoms with van der Waals surface area (Å²) in [6, 6.07) is 12.4. The molecule has 2 aromatic carbocycles. The number of aliphatic hydroxyl groups excluding tert-OH is 1. The number of aromatic nitrogens is 1. The highest BCUT2D eigenvalue weighted by atomic mass is 79.9. The zero-order valence-corrected chi connectivity index (χ0v) is 19.0. The Morgan fingerprint density at radius 2 is 1.75 bits per heavy atom. The lowest BCUT2D eigenvalue weighted by atomic mass is 9.95. The molecule has 8 nitrogen and oxygen atoms in total. The molecule has 1 aromatic heterocycles. The van der Waals surface area contributed by atoms with Crippen LogP contribution in [0.15, 0.2) is 63.1 Å². The van der Waals surface area contributed by atoms with Crippen molar-refractivity contribution in [3.8, 4) is 11.5 Å². The molecule has 1 aliphatic heterocycles. The van der Waals surface area contributed by atoms with Crippen LogP contribution in [0.25, 0.3) is 5.76 Å². The first-order chi connectivity index (χ1) is 15.3. The summed E-state index contributed by atoms with van der Waals surface area (Å²) in [5.74, 6) is -0.407. The predicted octanol–water partition coefficient (Wildman–Crippen LogP) is 4.39. The van der Waals surface area contributed by atoms with E-state index in [0.717, 1.165) is 4.47 Å². The number of halogens is 1. The second-order valence-corrected chi connectivity index (χ2v) is 8.00. The number of anilines is 1. The van der Waals surface area contributed by atoms with E-state index in [-0.39, 0.29) is 17.2 Å². The van der Waals surface area contributed by atoms with Crippen molar-refractivity contribution in [1.82, 2.24) is 5.16 Å². The fraction of sp³-hybridized carbons (Fsp3) is 0.174. The van der Waals surface area contributed by atoms with Gasteiger partial charge in [-0.05, 0) is 36.8 Å². The number of methoxy groups -OCH3 is 2. The van der Waals surface area contributed by atoms with E-state index in [1.165, 1.54) is 19.1 Å². The van der Waals surface area contributed by atoms with E-state index >= 15 is 0 Å². The van der Waals surface area contributed by atoms with Gasteiger partial charge in [-0.15, -0.1) is 0 Å². The summed E-state index contributed by atoms with van der Waals surface area (Å²) in [6.07, 6.45) is 0. The number of aliphatic hydroxyl groups is 1. The van der Waals surface area contributed by atoms with Crippen LogP contribution in [0, 0.1) is 6.92 Å². The summed E-state index contributed by atoms with van der Waals surface area (Å²) in [5.41, 5.74) is 0.861. The first-order valence-corrected chi connectivity index (χ1v) is 10.4. The second-order valence-electron chi connectivity index (χ2n) is 7.09. The number of hydrogen-bond acceptors (Lipinski definition) is 7. The lowest BCUT2D eigenvalue weighted by Crippen LogP contribution is -2.29. The summed E-state index contributed by atoms with van der Waals surface area (Å²) in [5, 5.41) is 15.0. The monoisotopic (exact) mass is 498 g/mol. The van der Waals surface area contributed by atoms with Crippen LogP contribution >= 0.6 is 15.9 Å². The highest BCUT2D eigenvalue weighted by molar-refractivity contribution is 9.10. The molecule has 3 aromatic rings. The number of amides is 1. The van der Waals surface area contributed by atoms with E-state index in [1.807, 2.05) is 0 Å². The molecule has 9 heteroatoms. The molecule has 32 heavy (non-hydrogen) atoms. The van der Waals surface area contributed by atoms with Gasteiger partial charge in [0.25, 0.3) is 5.78 Å². The summed E-state index contributed by atoms with van der Waals surface area (Å²) in [7, 11) is 3.00. The fourth-order valence-electron chi connectivity index (χ4n) is 3.64.